The first-order chi connectivity index (χ1) is 10.1. The molecule has 0 bridgehead atoms. The molecule has 2 rings (SSSR count). The number of nitrogens with two attached hydrogens (primary N) is 1. The number of aryl methyl sites for hydroxylation is 1. The van der Waals surface area contributed by atoms with Crippen molar-refractivity contribution in [1.82, 2.24) is 5.32 Å². The first-order valence-corrected chi connectivity index (χ1v) is 8.20. The summed E-state index contributed by atoms with van der Waals surface area (Å²) in [6, 6.07) is 9.20. The predicted octanol–water partition coefficient (Wildman–Crippen LogP) is 3.26. The Bertz CT molecular complexity index is 447. The van der Waals surface area contributed by atoms with Crippen LogP contribution in [-0.4, -0.2) is 18.0 Å². The zero-order chi connectivity index (χ0) is 15.2. The van der Waals surface area contributed by atoms with Gasteiger partial charge in [0.1, 0.15) is 0 Å². The number of benzene rings is 1. The maximum atomic E-state index is 12.3. The van der Waals surface area contributed by atoms with Crippen LogP contribution in [0.4, 0.5) is 0 Å². The number of hydrogen-bond acceptors (Lipinski definition) is 2. The van der Waals surface area contributed by atoms with Gasteiger partial charge >= 0.3 is 0 Å². The molecule has 1 atom stereocenters. The van der Waals surface area contributed by atoms with Crippen LogP contribution in [0.3, 0.4) is 0 Å². The molecule has 21 heavy (non-hydrogen) atoms. The van der Waals surface area contributed by atoms with Gasteiger partial charge in [-0.15, -0.1) is 0 Å². The first-order valence-electron chi connectivity index (χ1n) is 8.20. The molecule has 0 aromatic heterocycles. The molecule has 3 N–H and O–H groups in total. The molecular weight excluding hydrogens is 260 g/mol. The Morgan fingerprint density at radius 1 is 1.24 bits per heavy atom. The van der Waals surface area contributed by atoms with Crippen LogP contribution in [0.1, 0.15) is 62.5 Å². The van der Waals surface area contributed by atoms with Crippen molar-refractivity contribution in [2.45, 2.75) is 70.4 Å². The van der Waals surface area contributed by atoms with Crippen molar-refractivity contribution in [3.8, 4) is 0 Å². The van der Waals surface area contributed by atoms with E-state index in [1.54, 1.807) is 0 Å². The van der Waals surface area contributed by atoms with Gasteiger partial charge < -0.3 is 11.1 Å². The molecule has 3 nitrogen and oxygen atoms in total. The first kappa shape index (κ1) is 16.0. The number of amides is 1. The SMILES string of the molecule is CCC(CC(=O)NC1CCC(N)CC1)c1ccc(C)cc1. The van der Waals surface area contributed by atoms with E-state index in [4.69, 9.17) is 5.73 Å². The van der Waals surface area contributed by atoms with E-state index in [-0.39, 0.29) is 5.91 Å². The maximum Gasteiger partial charge on any atom is 0.220 e. The van der Waals surface area contributed by atoms with Crippen LogP contribution in [0.25, 0.3) is 0 Å². The van der Waals surface area contributed by atoms with Gasteiger partial charge in [-0.3, -0.25) is 4.79 Å². The number of rotatable bonds is 5. The summed E-state index contributed by atoms with van der Waals surface area (Å²) in [6.07, 6.45) is 5.68. The summed E-state index contributed by atoms with van der Waals surface area (Å²) in [4.78, 5) is 12.3. The summed E-state index contributed by atoms with van der Waals surface area (Å²) in [5, 5.41) is 3.19. The molecule has 1 amide bonds. The van der Waals surface area contributed by atoms with Gasteiger partial charge in [0.15, 0.2) is 0 Å². The van der Waals surface area contributed by atoms with E-state index in [1.807, 2.05) is 0 Å². The highest BCUT2D eigenvalue weighted by Gasteiger charge is 2.21. The summed E-state index contributed by atoms with van der Waals surface area (Å²) in [5.41, 5.74) is 8.43. The predicted molar refractivity (Wildman–Crippen MR) is 87.2 cm³/mol. The fourth-order valence-corrected chi connectivity index (χ4v) is 3.11. The molecule has 1 aromatic carbocycles. The molecular formula is C18H28N2O. The minimum absolute atomic E-state index is 0.183. The van der Waals surface area contributed by atoms with E-state index >= 15 is 0 Å². The largest absolute Gasteiger partial charge is 0.353 e. The van der Waals surface area contributed by atoms with Crippen molar-refractivity contribution in [1.29, 1.82) is 0 Å². The lowest BCUT2D eigenvalue weighted by Gasteiger charge is -2.27. The Labute approximate surface area is 128 Å². The van der Waals surface area contributed by atoms with Crippen molar-refractivity contribution < 1.29 is 4.79 Å². The fourth-order valence-electron chi connectivity index (χ4n) is 3.11. The van der Waals surface area contributed by atoms with E-state index in [0.29, 0.717) is 24.4 Å². The fraction of sp³-hybridized carbons (Fsp3) is 0.611. The highest BCUT2D eigenvalue weighted by atomic mass is 16.1. The maximum absolute atomic E-state index is 12.3. The van der Waals surface area contributed by atoms with Gasteiger partial charge in [0.05, 0.1) is 0 Å². The molecule has 0 spiro atoms. The van der Waals surface area contributed by atoms with E-state index in [0.717, 1.165) is 32.1 Å². The zero-order valence-corrected chi connectivity index (χ0v) is 13.3. The molecule has 1 aliphatic rings. The number of carbonyl (C=O) groups is 1. The van der Waals surface area contributed by atoms with Gasteiger partial charge in [0, 0.05) is 18.5 Å². The standard InChI is InChI=1S/C18H28N2O/c1-3-14(15-6-4-13(2)5-7-15)12-18(21)20-17-10-8-16(19)9-11-17/h4-7,14,16-17H,3,8-12,19H2,1-2H3,(H,20,21). The van der Waals surface area contributed by atoms with Gasteiger partial charge in [-0.2, -0.15) is 0 Å². The van der Waals surface area contributed by atoms with Crippen LogP contribution >= 0.6 is 0 Å². The summed E-state index contributed by atoms with van der Waals surface area (Å²) in [7, 11) is 0. The van der Waals surface area contributed by atoms with E-state index in [2.05, 4.69) is 43.4 Å². The van der Waals surface area contributed by atoms with Gasteiger partial charge in [0.2, 0.25) is 5.91 Å². The second kappa shape index (κ2) is 7.60. The Hall–Kier alpha value is -1.35. The van der Waals surface area contributed by atoms with E-state index in [1.165, 1.54) is 11.1 Å². The van der Waals surface area contributed by atoms with Crippen molar-refractivity contribution in [2.75, 3.05) is 0 Å². The van der Waals surface area contributed by atoms with Crippen LogP contribution in [0.5, 0.6) is 0 Å². The molecule has 0 radical (unpaired) electrons. The molecule has 0 saturated heterocycles. The second-order valence-electron chi connectivity index (χ2n) is 6.40. The van der Waals surface area contributed by atoms with Crippen LogP contribution in [0.2, 0.25) is 0 Å². The van der Waals surface area contributed by atoms with Crippen LogP contribution in [-0.2, 0) is 4.79 Å². The zero-order valence-electron chi connectivity index (χ0n) is 13.3. The lowest BCUT2D eigenvalue weighted by atomic mass is 9.90. The van der Waals surface area contributed by atoms with Crippen molar-refractivity contribution in [3.63, 3.8) is 0 Å². The Morgan fingerprint density at radius 3 is 2.43 bits per heavy atom. The number of hydrogen-bond donors (Lipinski definition) is 2. The minimum Gasteiger partial charge on any atom is -0.353 e. The quantitative estimate of drug-likeness (QED) is 0.873. The average Bonchev–Trinajstić information content (AvgIpc) is 2.48. The molecule has 3 heteroatoms. The highest BCUT2D eigenvalue weighted by Crippen LogP contribution is 2.24. The van der Waals surface area contributed by atoms with E-state index < -0.39 is 0 Å². The van der Waals surface area contributed by atoms with Crippen LogP contribution in [0, 0.1) is 6.92 Å². The van der Waals surface area contributed by atoms with Crippen LogP contribution < -0.4 is 11.1 Å². The topological polar surface area (TPSA) is 55.1 Å². The Kier molecular flexibility index (Phi) is 5.80. The summed E-state index contributed by atoms with van der Waals surface area (Å²) in [5.74, 6) is 0.499. The monoisotopic (exact) mass is 288 g/mol. The Morgan fingerprint density at radius 2 is 1.86 bits per heavy atom. The average molecular weight is 288 g/mol. The van der Waals surface area contributed by atoms with Crippen molar-refractivity contribution >= 4 is 5.91 Å². The van der Waals surface area contributed by atoms with Crippen molar-refractivity contribution in [2.24, 2.45) is 5.73 Å². The molecule has 116 valence electrons. The Balaban J connectivity index is 1.86. The van der Waals surface area contributed by atoms with Crippen LogP contribution in [0.15, 0.2) is 24.3 Å². The summed E-state index contributed by atoms with van der Waals surface area (Å²) < 4.78 is 0. The molecule has 1 aromatic rings. The van der Waals surface area contributed by atoms with Gasteiger partial charge in [-0.1, -0.05) is 36.8 Å². The van der Waals surface area contributed by atoms with E-state index in [9.17, 15) is 4.79 Å². The van der Waals surface area contributed by atoms with Crippen molar-refractivity contribution in [3.05, 3.63) is 35.4 Å². The highest BCUT2D eigenvalue weighted by molar-refractivity contribution is 5.77. The van der Waals surface area contributed by atoms with Gasteiger partial charge in [-0.25, -0.2) is 0 Å². The molecule has 1 fully saturated rings. The molecule has 0 aliphatic heterocycles. The third kappa shape index (κ3) is 4.85. The third-order valence-electron chi connectivity index (χ3n) is 4.61. The van der Waals surface area contributed by atoms with Gasteiger partial charge in [0.25, 0.3) is 0 Å². The second-order valence-corrected chi connectivity index (χ2v) is 6.40. The lowest BCUT2D eigenvalue weighted by molar-refractivity contribution is -0.122. The van der Waals surface area contributed by atoms with Gasteiger partial charge in [-0.05, 0) is 50.5 Å². The smallest absolute Gasteiger partial charge is 0.220 e. The molecule has 1 aliphatic carbocycles. The third-order valence-corrected chi connectivity index (χ3v) is 4.61. The number of nitrogens with one attached hydrogen (secondary N) is 1. The molecule has 1 unspecified atom stereocenters. The number of carbonyl (C=O) groups excluding carboxylic acids is 1. The molecule has 0 heterocycles. The summed E-state index contributed by atoms with van der Waals surface area (Å²) >= 11 is 0. The molecule has 1 saturated carbocycles. The summed E-state index contributed by atoms with van der Waals surface area (Å²) in [6.45, 7) is 4.24. The normalized spacial score (nSPS) is 23.6. The minimum atomic E-state index is 0.183. The lowest BCUT2D eigenvalue weighted by Crippen LogP contribution is -2.40.